The van der Waals surface area contributed by atoms with E-state index in [0.717, 1.165) is 23.6 Å². The monoisotopic (exact) mass is 284 g/mol. The molecule has 0 aliphatic carbocycles. The molecule has 1 aromatic heterocycles. The molecule has 110 valence electrons. The average Bonchev–Trinajstić information content (AvgIpc) is 2.86. The molecule has 2 aromatic rings. The van der Waals surface area contributed by atoms with Gasteiger partial charge in [-0.1, -0.05) is 19.1 Å². The highest BCUT2D eigenvalue weighted by Gasteiger charge is 2.29. The highest BCUT2D eigenvalue weighted by Crippen LogP contribution is 2.33. The molecule has 5 heteroatoms. The molecular weight excluding hydrogens is 264 g/mol. The molecule has 0 radical (unpaired) electrons. The van der Waals surface area contributed by atoms with E-state index >= 15 is 0 Å². The Morgan fingerprint density at radius 3 is 2.62 bits per heavy atom. The number of benzene rings is 1. The normalized spacial score (nSPS) is 18.6. The van der Waals surface area contributed by atoms with Crippen molar-refractivity contribution in [3.05, 3.63) is 42.5 Å². The fourth-order valence-corrected chi connectivity index (χ4v) is 2.85. The van der Waals surface area contributed by atoms with Gasteiger partial charge in [-0.05, 0) is 12.1 Å². The molecule has 1 atom stereocenters. The lowest BCUT2D eigenvalue weighted by Gasteiger charge is -2.26. The zero-order chi connectivity index (χ0) is 15.0. The van der Waals surface area contributed by atoms with Gasteiger partial charge in [-0.3, -0.25) is 4.79 Å². The van der Waals surface area contributed by atoms with E-state index < -0.39 is 0 Å². The van der Waals surface area contributed by atoms with E-state index in [2.05, 4.69) is 16.0 Å². The van der Waals surface area contributed by atoms with Crippen LogP contribution in [0.15, 0.2) is 36.8 Å². The number of fused-ring (bicyclic) bond motifs is 1. The molecule has 1 aliphatic heterocycles. The lowest BCUT2D eigenvalue weighted by atomic mass is 10.1. The van der Waals surface area contributed by atoms with E-state index in [1.54, 1.807) is 11.2 Å². The van der Waals surface area contributed by atoms with Gasteiger partial charge in [0.2, 0.25) is 5.91 Å². The lowest BCUT2D eigenvalue weighted by molar-refractivity contribution is -0.121. The molecular formula is C16H20N4O. The van der Waals surface area contributed by atoms with E-state index in [1.807, 2.05) is 50.0 Å². The summed E-state index contributed by atoms with van der Waals surface area (Å²) >= 11 is 0. The summed E-state index contributed by atoms with van der Waals surface area (Å²) in [5.74, 6) is 0.130. The summed E-state index contributed by atoms with van der Waals surface area (Å²) < 4.78 is 2.02. The standard InChI is InChI=1S/C16H20N4O/c1-12-9-20(10-13-8-17-11-18(13)2)15-7-5-4-6-14(15)19(3)16(12)21/h4-8,11-12H,9-10H2,1-3H3. The van der Waals surface area contributed by atoms with Crippen molar-refractivity contribution in [1.29, 1.82) is 0 Å². The summed E-state index contributed by atoms with van der Waals surface area (Å²) in [4.78, 5) is 20.6. The minimum absolute atomic E-state index is 0.0318. The van der Waals surface area contributed by atoms with Gasteiger partial charge in [-0.15, -0.1) is 0 Å². The number of carbonyl (C=O) groups is 1. The number of aryl methyl sites for hydroxylation is 1. The fraction of sp³-hybridized carbons (Fsp3) is 0.375. The predicted molar refractivity (Wildman–Crippen MR) is 83.3 cm³/mol. The number of hydrogen-bond donors (Lipinski definition) is 0. The van der Waals surface area contributed by atoms with Crippen molar-refractivity contribution < 1.29 is 4.79 Å². The Balaban J connectivity index is 2.01. The van der Waals surface area contributed by atoms with Crippen LogP contribution in [0.25, 0.3) is 0 Å². The summed E-state index contributed by atoms with van der Waals surface area (Å²) in [6.45, 7) is 3.45. The second kappa shape index (κ2) is 5.24. The van der Waals surface area contributed by atoms with Crippen molar-refractivity contribution in [1.82, 2.24) is 9.55 Å². The van der Waals surface area contributed by atoms with Crippen molar-refractivity contribution in [3.63, 3.8) is 0 Å². The van der Waals surface area contributed by atoms with Crippen LogP contribution in [0.3, 0.4) is 0 Å². The first-order valence-corrected chi connectivity index (χ1v) is 7.14. The van der Waals surface area contributed by atoms with E-state index in [4.69, 9.17) is 0 Å². The van der Waals surface area contributed by atoms with E-state index in [1.165, 1.54) is 0 Å². The van der Waals surface area contributed by atoms with Gasteiger partial charge in [0.15, 0.2) is 0 Å². The van der Waals surface area contributed by atoms with E-state index in [0.29, 0.717) is 6.54 Å². The van der Waals surface area contributed by atoms with Gasteiger partial charge in [0.1, 0.15) is 0 Å². The van der Waals surface area contributed by atoms with Gasteiger partial charge in [-0.2, -0.15) is 0 Å². The first-order valence-electron chi connectivity index (χ1n) is 7.14. The fourth-order valence-electron chi connectivity index (χ4n) is 2.85. The van der Waals surface area contributed by atoms with E-state index in [9.17, 15) is 4.79 Å². The lowest BCUT2D eigenvalue weighted by Crippen LogP contribution is -2.34. The molecule has 0 fully saturated rings. The summed E-state index contributed by atoms with van der Waals surface area (Å²) in [6.07, 6.45) is 3.68. The van der Waals surface area contributed by atoms with Crippen molar-refractivity contribution >= 4 is 17.3 Å². The number of aromatic nitrogens is 2. The molecule has 0 N–H and O–H groups in total. The number of anilines is 2. The van der Waals surface area contributed by atoms with Crippen molar-refractivity contribution in [3.8, 4) is 0 Å². The van der Waals surface area contributed by atoms with Gasteiger partial charge in [0, 0.05) is 26.8 Å². The maximum atomic E-state index is 12.4. The maximum absolute atomic E-state index is 12.4. The zero-order valence-electron chi connectivity index (χ0n) is 12.7. The van der Waals surface area contributed by atoms with Gasteiger partial charge in [-0.25, -0.2) is 4.98 Å². The Labute approximate surface area is 124 Å². The molecule has 3 rings (SSSR count). The van der Waals surface area contributed by atoms with Crippen molar-refractivity contribution in [2.24, 2.45) is 13.0 Å². The quantitative estimate of drug-likeness (QED) is 0.847. The van der Waals surface area contributed by atoms with Crippen LogP contribution in [-0.4, -0.2) is 29.1 Å². The number of carbonyl (C=O) groups excluding carboxylic acids is 1. The zero-order valence-corrected chi connectivity index (χ0v) is 12.7. The van der Waals surface area contributed by atoms with E-state index in [-0.39, 0.29) is 11.8 Å². The Bertz CT molecular complexity index is 664. The second-order valence-electron chi connectivity index (χ2n) is 5.66. The van der Waals surface area contributed by atoms with Gasteiger partial charge in [0.05, 0.1) is 35.9 Å². The molecule has 0 saturated heterocycles. The third kappa shape index (κ3) is 2.39. The molecule has 1 aliphatic rings. The summed E-state index contributed by atoms with van der Waals surface area (Å²) in [7, 11) is 3.85. The van der Waals surface area contributed by atoms with Crippen LogP contribution in [0.4, 0.5) is 11.4 Å². The van der Waals surface area contributed by atoms with Crippen LogP contribution in [-0.2, 0) is 18.4 Å². The number of nitrogens with zero attached hydrogens (tertiary/aromatic N) is 4. The van der Waals surface area contributed by atoms with Gasteiger partial charge in [0.25, 0.3) is 0 Å². The van der Waals surface area contributed by atoms with Gasteiger partial charge < -0.3 is 14.4 Å². The molecule has 21 heavy (non-hydrogen) atoms. The van der Waals surface area contributed by atoms with Crippen LogP contribution in [0.5, 0.6) is 0 Å². The highest BCUT2D eigenvalue weighted by molar-refractivity contribution is 5.99. The third-order valence-corrected chi connectivity index (χ3v) is 4.10. The highest BCUT2D eigenvalue weighted by atomic mass is 16.2. The summed E-state index contributed by atoms with van der Waals surface area (Å²) in [5, 5.41) is 0. The Kier molecular flexibility index (Phi) is 3.41. The first-order chi connectivity index (χ1) is 10.1. The number of para-hydroxylation sites is 2. The number of rotatable bonds is 2. The van der Waals surface area contributed by atoms with Crippen molar-refractivity contribution in [2.75, 3.05) is 23.4 Å². The predicted octanol–water partition coefficient (Wildman–Crippen LogP) is 2.04. The topological polar surface area (TPSA) is 41.4 Å². The average molecular weight is 284 g/mol. The Hall–Kier alpha value is -2.30. The second-order valence-corrected chi connectivity index (χ2v) is 5.66. The molecule has 0 bridgehead atoms. The molecule has 5 nitrogen and oxygen atoms in total. The Morgan fingerprint density at radius 2 is 1.95 bits per heavy atom. The van der Waals surface area contributed by atoms with Crippen molar-refractivity contribution in [2.45, 2.75) is 13.5 Å². The molecule has 0 saturated carbocycles. The molecule has 0 spiro atoms. The smallest absolute Gasteiger partial charge is 0.231 e. The minimum atomic E-state index is -0.0318. The molecule has 1 aromatic carbocycles. The van der Waals surface area contributed by atoms with Crippen LogP contribution in [0.2, 0.25) is 0 Å². The molecule has 1 unspecified atom stereocenters. The first kappa shape index (κ1) is 13.7. The van der Waals surface area contributed by atoms with Crippen LogP contribution < -0.4 is 9.80 Å². The minimum Gasteiger partial charge on any atom is -0.363 e. The summed E-state index contributed by atoms with van der Waals surface area (Å²) in [6, 6.07) is 8.07. The number of hydrogen-bond acceptors (Lipinski definition) is 3. The molecule has 2 heterocycles. The number of amides is 1. The largest absolute Gasteiger partial charge is 0.363 e. The summed E-state index contributed by atoms with van der Waals surface area (Å²) in [5.41, 5.74) is 3.20. The number of imidazole rings is 1. The van der Waals surface area contributed by atoms with Crippen LogP contribution >= 0.6 is 0 Å². The van der Waals surface area contributed by atoms with Gasteiger partial charge >= 0.3 is 0 Å². The third-order valence-electron chi connectivity index (χ3n) is 4.10. The van der Waals surface area contributed by atoms with Crippen LogP contribution in [0, 0.1) is 5.92 Å². The molecule has 1 amide bonds. The van der Waals surface area contributed by atoms with Crippen LogP contribution in [0.1, 0.15) is 12.6 Å². The maximum Gasteiger partial charge on any atom is 0.231 e. The SMILES string of the molecule is CC1CN(Cc2cncn2C)c2ccccc2N(C)C1=O. The Morgan fingerprint density at radius 1 is 1.24 bits per heavy atom.